The minimum Gasteiger partial charge on any atom is -0.354 e. The molecule has 2 nitrogen and oxygen atoms in total. The van der Waals surface area contributed by atoms with Crippen LogP contribution in [0.15, 0.2) is 36.7 Å². The van der Waals surface area contributed by atoms with Crippen molar-refractivity contribution in [3.63, 3.8) is 0 Å². The van der Waals surface area contributed by atoms with E-state index in [9.17, 15) is 0 Å². The molecule has 0 unspecified atom stereocenters. The van der Waals surface area contributed by atoms with Crippen molar-refractivity contribution in [2.45, 2.75) is 0 Å². The predicted molar refractivity (Wildman–Crippen MR) is 52.4 cm³/mol. The highest BCUT2D eigenvalue weighted by Gasteiger charge is 2.01. The van der Waals surface area contributed by atoms with E-state index in [1.165, 1.54) is 5.39 Å². The molecule has 0 amide bonds. The smallest absolute Gasteiger partial charge is 0.0577 e. The summed E-state index contributed by atoms with van der Waals surface area (Å²) in [6.45, 7) is 0. The molecule has 0 saturated carbocycles. The van der Waals surface area contributed by atoms with Gasteiger partial charge in [-0.05, 0) is 6.07 Å². The van der Waals surface area contributed by atoms with E-state index in [4.69, 9.17) is 0 Å². The fraction of sp³-hybridized carbons (Fsp3) is 0. The number of aromatic nitrogens is 2. The second kappa shape index (κ2) is 2.33. The number of para-hydroxylation sites is 1. The number of benzene rings is 1. The Morgan fingerprint density at radius 1 is 1.15 bits per heavy atom. The molecule has 0 saturated heterocycles. The van der Waals surface area contributed by atoms with Crippen molar-refractivity contribution in [2.24, 2.45) is 0 Å². The van der Waals surface area contributed by atoms with Crippen LogP contribution < -0.4 is 0 Å². The van der Waals surface area contributed by atoms with Gasteiger partial charge < -0.3 is 4.98 Å². The van der Waals surface area contributed by atoms with Gasteiger partial charge in [-0.2, -0.15) is 0 Å². The minimum absolute atomic E-state index is 1.02. The fourth-order valence-electron chi connectivity index (χ4n) is 1.63. The summed E-state index contributed by atoms with van der Waals surface area (Å²) in [5.41, 5.74) is 2.16. The van der Waals surface area contributed by atoms with E-state index in [0.717, 1.165) is 16.4 Å². The molecule has 2 heterocycles. The monoisotopic (exact) mass is 167 g/mol. The Labute approximate surface area is 75.2 Å². The molecule has 61 valence electrons. The number of aromatic amines is 1. The number of fused-ring (bicyclic) bond motifs is 3. The van der Waals surface area contributed by atoms with E-state index < -0.39 is 0 Å². The van der Waals surface area contributed by atoms with E-state index in [1.54, 1.807) is 6.20 Å². The molecule has 1 aromatic carbocycles. The van der Waals surface area contributed by atoms with E-state index >= 15 is 0 Å². The standard InChI is InChI=1S/C11H7N2/c1-2-4-10-8(3-1)9-7-12-6-5-11(9)13-10/h1-4,6-7,13H. The van der Waals surface area contributed by atoms with Crippen LogP contribution in [0.3, 0.4) is 0 Å². The van der Waals surface area contributed by atoms with Gasteiger partial charge in [0.1, 0.15) is 0 Å². The van der Waals surface area contributed by atoms with Crippen molar-refractivity contribution in [1.82, 2.24) is 9.97 Å². The summed E-state index contributed by atoms with van der Waals surface area (Å²) >= 11 is 0. The topological polar surface area (TPSA) is 28.7 Å². The van der Waals surface area contributed by atoms with Gasteiger partial charge in [0.15, 0.2) is 0 Å². The number of hydrogen-bond donors (Lipinski definition) is 1. The molecule has 1 radical (unpaired) electrons. The lowest BCUT2D eigenvalue weighted by atomic mass is 10.2. The molecule has 0 aliphatic heterocycles. The number of hydrogen-bond acceptors (Lipinski definition) is 1. The molecule has 3 rings (SSSR count). The maximum absolute atomic E-state index is 4.06. The average molecular weight is 167 g/mol. The van der Waals surface area contributed by atoms with Gasteiger partial charge in [-0.25, -0.2) is 0 Å². The largest absolute Gasteiger partial charge is 0.354 e. The molecule has 2 heteroatoms. The summed E-state index contributed by atoms with van der Waals surface area (Å²) in [7, 11) is 0. The highest BCUT2D eigenvalue weighted by atomic mass is 14.7. The molecule has 0 atom stereocenters. The minimum atomic E-state index is 1.02. The van der Waals surface area contributed by atoms with Crippen molar-refractivity contribution < 1.29 is 0 Å². The molecule has 3 aromatic rings. The first-order valence-electron chi connectivity index (χ1n) is 4.17. The van der Waals surface area contributed by atoms with E-state index in [2.05, 4.69) is 28.2 Å². The first kappa shape index (κ1) is 6.66. The van der Waals surface area contributed by atoms with Gasteiger partial charge in [0.05, 0.1) is 5.52 Å². The van der Waals surface area contributed by atoms with Gasteiger partial charge >= 0.3 is 0 Å². The number of nitrogens with one attached hydrogen (secondary N) is 1. The summed E-state index contributed by atoms with van der Waals surface area (Å²) in [5, 5.41) is 2.35. The maximum atomic E-state index is 4.06. The van der Waals surface area contributed by atoms with Crippen LogP contribution in [0, 0.1) is 6.07 Å². The van der Waals surface area contributed by atoms with Crippen LogP contribution in [0.1, 0.15) is 0 Å². The van der Waals surface area contributed by atoms with Crippen LogP contribution in [-0.4, -0.2) is 9.97 Å². The van der Waals surface area contributed by atoms with Crippen LogP contribution in [0.2, 0.25) is 0 Å². The SMILES string of the molecule is [c]1cncc2c1[nH]c1ccccc12. The van der Waals surface area contributed by atoms with Gasteiger partial charge in [0.2, 0.25) is 0 Å². The number of nitrogens with zero attached hydrogens (tertiary/aromatic N) is 1. The predicted octanol–water partition coefficient (Wildman–Crippen LogP) is 2.52. The van der Waals surface area contributed by atoms with Crippen molar-refractivity contribution in [3.05, 3.63) is 42.7 Å². The molecule has 0 bridgehead atoms. The number of rotatable bonds is 0. The zero-order chi connectivity index (χ0) is 8.67. The Balaban J connectivity index is 2.64. The lowest BCUT2D eigenvalue weighted by Crippen LogP contribution is -1.69. The van der Waals surface area contributed by atoms with Gasteiger partial charge in [-0.1, -0.05) is 18.2 Å². The summed E-state index contributed by atoms with van der Waals surface area (Å²) < 4.78 is 0. The highest BCUT2D eigenvalue weighted by Crippen LogP contribution is 2.22. The van der Waals surface area contributed by atoms with E-state index in [0.29, 0.717) is 0 Å². The Morgan fingerprint density at radius 3 is 3.08 bits per heavy atom. The lowest BCUT2D eigenvalue weighted by Gasteiger charge is -1.86. The lowest BCUT2D eigenvalue weighted by molar-refractivity contribution is 1.35. The van der Waals surface area contributed by atoms with E-state index in [1.807, 2.05) is 18.3 Å². The van der Waals surface area contributed by atoms with Crippen molar-refractivity contribution in [1.29, 1.82) is 0 Å². The Hall–Kier alpha value is -1.83. The van der Waals surface area contributed by atoms with Crippen LogP contribution in [0.25, 0.3) is 21.8 Å². The van der Waals surface area contributed by atoms with Crippen LogP contribution in [-0.2, 0) is 0 Å². The molecule has 13 heavy (non-hydrogen) atoms. The average Bonchev–Trinajstić information content (AvgIpc) is 2.56. The molecule has 1 N–H and O–H groups in total. The molecular formula is C11H7N2. The van der Waals surface area contributed by atoms with E-state index in [-0.39, 0.29) is 0 Å². The molecule has 0 aliphatic rings. The van der Waals surface area contributed by atoms with Crippen LogP contribution >= 0.6 is 0 Å². The summed E-state index contributed by atoms with van der Waals surface area (Å²) in [4.78, 5) is 7.34. The first-order valence-corrected chi connectivity index (χ1v) is 4.17. The Bertz CT molecular complexity index is 516. The zero-order valence-corrected chi connectivity index (χ0v) is 6.91. The van der Waals surface area contributed by atoms with Crippen LogP contribution in [0.4, 0.5) is 0 Å². The molecule has 0 spiro atoms. The highest BCUT2D eigenvalue weighted by molar-refractivity contribution is 6.06. The number of pyridine rings is 1. The zero-order valence-electron chi connectivity index (χ0n) is 6.91. The second-order valence-electron chi connectivity index (χ2n) is 3.01. The van der Waals surface area contributed by atoms with Crippen molar-refractivity contribution in [3.8, 4) is 0 Å². The van der Waals surface area contributed by atoms with Gasteiger partial charge in [-0.15, -0.1) is 0 Å². The van der Waals surface area contributed by atoms with Crippen molar-refractivity contribution >= 4 is 21.8 Å². The summed E-state index contributed by atoms with van der Waals surface area (Å²) in [6, 6.07) is 11.3. The Morgan fingerprint density at radius 2 is 2.08 bits per heavy atom. The second-order valence-corrected chi connectivity index (χ2v) is 3.01. The summed E-state index contributed by atoms with van der Waals surface area (Å²) in [6.07, 6.45) is 3.54. The molecule has 0 aliphatic carbocycles. The molecular weight excluding hydrogens is 160 g/mol. The van der Waals surface area contributed by atoms with Gasteiger partial charge in [0.25, 0.3) is 0 Å². The van der Waals surface area contributed by atoms with Crippen molar-refractivity contribution in [2.75, 3.05) is 0 Å². The normalized spacial score (nSPS) is 11.1. The van der Waals surface area contributed by atoms with Crippen LogP contribution in [0.5, 0.6) is 0 Å². The third kappa shape index (κ3) is 0.855. The van der Waals surface area contributed by atoms with Gasteiger partial charge in [0, 0.05) is 34.7 Å². The molecule has 0 fully saturated rings. The first-order chi connectivity index (χ1) is 6.45. The van der Waals surface area contributed by atoms with Gasteiger partial charge in [-0.3, -0.25) is 4.98 Å². The third-order valence-electron chi connectivity index (χ3n) is 2.23. The Kier molecular flexibility index (Phi) is 1.19. The summed E-state index contributed by atoms with van der Waals surface area (Å²) in [5.74, 6) is 0. The quantitative estimate of drug-likeness (QED) is 0.547. The number of H-pyrrole nitrogens is 1. The fourth-order valence-corrected chi connectivity index (χ4v) is 1.63. The maximum Gasteiger partial charge on any atom is 0.0577 e. The molecule has 2 aromatic heterocycles. The third-order valence-corrected chi connectivity index (χ3v) is 2.23.